The highest BCUT2D eigenvalue weighted by molar-refractivity contribution is 7.20. The Balaban J connectivity index is 1.98. The Kier molecular flexibility index (Phi) is 3.75. The molecular formula is C8H9Cl2N5S. The molecule has 1 unspecified atom stereocenters. The fourth-order valence-corrected chi connectivity index (χ4v) is 2.91. The first-order valence-electron chi connectivity index (χ1n) is 4.57. The van der Waals surface area contributed by atoms with Crippen molar-refractivity contribution in [3.8, 4) is 0 Å². The number of rotatable bonds is 4. The van der Waals surface area contributed by atoms with Crippen molar-refractivity contribution in [2.45, 2.75) is 19.5 Å². The summed E-state index contributed by atoms with van der Waals surface area (Å²) in [7, 11) is 0. The van der Waals surface area contributed by atoms with Crippen molar-refractivity contribution in [3.05, 3.63) is 26.1 Å². The second-order valence-corrected chi connectivity index (χ2v) is 5.50. The molecule has 86 valence electrons. The summed E-state index contributed by atoms with van der Waals surface area (Å²) in [5.41, 5.74) is 0.986. The summed E-state index contributed by atoms with van der Waals surface area (Å²) in [6, 6.07) is 1.96. The van der Waals surface area contributed by atoms with Crippen LogP contribution in [0.5, 0.6) is 0 Å². The molecule has 0 aliphatic rings. The monoisotopic (exact) mass is 277 g/mol. The maximum Gasteiger partial charge on any atom is 0.188 e. The van der Waals surface area contributed by atoms with Crippen LogP contribution in [0.4, 0.5) is 0 Å². The summed E-state index contributed by atoms with van der Waals surface area (Å²) >= 11 is 13.3. The summed E-state index contributed by atoms with van der Waals surface area (Å²) in [6.45, 7) is 2.53. The second kappa shape index (κ2) is 5.09. The van der Waals surface area contributed by atoms with E-state index in [2.05, 4.69) is 25.9 Å². The first-order chi connectivity index (χ1) is 7.66. The number of hydrogen-bond donors (Lipinski definition) is 2. The molecule has 0 aromatic carbocycles. The topological polar surface area (TPSA) is 66.5 Å². The van der Waals surface area contributed by atoms with Gasteiger partial charge < -0.3 is 5.32 Å². The van der Waals surface area contributed by atoms with Crippen LogP contribution in [0.3, 0.4) is 0 Å². The van der Waals surface area contributed by atoms with Crippen molar-refractivity contribution in [1.29, 1.82) is 0 Å². The zero-order chi connectivity index (χ0) is 11.5. The summed E-state index contributed by atoms with van der Waals surface area (Å²) in [5, 5.41) is 16.8. The number of H-pyrrole nitrogens is 1. The van der Waals surface area contributed by atoms with Crippen molar-refractivity contribution < 1.29 is 0 Å². The van der Waals surface area contributed by atoms with Crippen molar-refractivity contribution >= 4 is 34.5 Å². The first kappa shape index (κ1) is 11.8. The highest BCUT2D eigenvalue weighted by Gasteiger charge is 2.13. The van der Waals surface area contributed by atoms with Crippen molar-refractivity contribution in [2.24, 2.45) is 0 Å². The number of aromatic nitrogens is 4. The van der Waals surface area contributed by atoms with E-state index < -0.39 is 0 Å². The van der Waals surface area contributed by atoms with E-state index >= 15 is 0 Å². The molecule has 2 heterocycles. The molecule has 0 spiro atoms. The van der Waals surface area contributed by atoms with Gasteiger partial charge in [0.05, 0.1) is 15.2 Å². The fourth-order valence-electron chi connectivity index (χ4n) is 1.26. The van der Waals surface area contributed by atoms with Gasteiger partial charge in [0.1, 0.15) is 0 Å². The lowest BCUT2D eigenvalue weighted by molar-refractivity contribution is 0.561. The maximum atomic E-state index is 6.04. The Morgan fingerprint density at radius 1 is 1.56 bits per heavy atom. The molecular weight excluding hydrogens is 269 g/mol. The second-order valence-electron chi connectivity index (χ2n) is 3.21. The lowest BCUT2D eigenvalue weighted by atomic mass is 10.2. The van der Waals surface area contributed by atoms with Gasteiger partial charge in [-0.05, 0) is 18.6 Å². The number of thiophene rings is 1. The maximum absolute atomic E-state index is 6.04. The van der Waals surface area contributed by atoms with Crippen LogP contribution in [0.25, 0.3) is 0 Å². The van der Waals surface area contributed by atoms with E-state index in [4.69, 9.17) is 23.2 Å². The summed E-state index contributed by atoms with van der Waals surface area (Å²) in [6.07, 6.45) is 0. The first-order valence-corrected chi connectivity index (χ1v) is 6.14. The molecule has 0 aliphatic heterocycles. The Morgan fingerprint density at radius 3 is 2.94 bits per heavy atom. The largest absolute Gasteiger partial charge is 0.303 e. The van der Waals surface area contributed by atoms with Crippen LogP contribution in [0, 0.1) is 0 Å². The number of aromatic amines is 1. The molecule has 16 heavy (non-hydrogen) atoms. The Bertz CT molecular complexity index is 455. The molecule has 0 saturated carbocycles. The van der Waals surface area contributed by atoms with E-state index in [9.17, 15) is 0 Å². The zero-order valence-electron chi connectivity index (χ0n) is 8.37. The number of nitrogens with zero attached hydrogens (tertiary/aromatic N) is 3. The third kappa shape index (κ3) is 2.70. The quantitative estimate of drug-likeness (QED) is 0.901. The van der Waals surface area contributed by atoms with Crippen molar-refractivity contribution in [2.75, 3.05) is 0 Å². The lowest BCUT2D eigenvalue weighted by Crippen LogP contribution is -2.18. The number of halogens is 2. The van der Waals surface area contributed by atoms with Gasteiger partial charge in [0.25, 0.3) is 0 Å². The molecule has 0 bridgehead atoms. The minimum Gasteiger partial charge on any atom is -0.303 e. The van der Waals surface area contributed by atoms with Crippen LogP contribution in [-0.2, 0) is 6.54 Å². The molecule has 0 saturated heterocycles. The molecule has 0 radical (unpaired) electrons. The van der Waals surface area contributed by atoms with Crippen LogP contribution < -0.4 is 5.32 Å². The Labute approximate surface area is 106 Å². The average molecular weight is 278 g/mol. The minimum atomic E-state index is 0.0924. The molecule has 0 amide bonds. The van der Waals surface area contributed by atoms with Gasteiger partial charge in [-0.2, -0.15) is 5.21 Å². The van der Waals surface area contributed by atoms with E-state index in [1.165, 1.54) is 11.3 Å². The van der Waals surface area contributed by atoms with Gasteiger partial charge in [0.15, 0.2) is 5.82 Å². The average Bonchev–Trinajstić information content (AvgIpc) is 2.84. The Morgan fingerprint density at radius 2 is 2.38 bits per heavy atom. The van der Waals surface area contributed by atoms with Gasteiger partial charge in [-0.15, -0.1) is 21.5 Å². The van der Waals surface area contributed by atoms with Crippen LogP contribution in [0.15, 0.2) is 6.07 Å². The van der Waals surface area contributed by atoms with E-state index in [0.29, 0.717) is 21.0 Å². The van der Waals surface area contributed by atoms with Crippen molar-refractivity contribution in [1.82, 2.24) is 25.9 Å². The van der Waals surface area contributed by atoms with Gasteiger partial charge in [-0.1, -0.05) is 28.4 Å². The SMILES string of the molecule is CC(NCc1nn[nH]n1)c1cc(Cl)sc1Cl. The summed E-state index contributed by atoms with van der Waals surface area (Å²) in [4.78, 5) is 0. The van der Waals surface area contributed by atoms with Gasteiger partial charge in [0, 0.05) is 6.04 Å². The third-order valence-corrected chi connectivity index (χ3v) is 3.62. The van der Waals surface area contributed by atoms with Crippen LogP contribution in [0.2, 0.25) is 8.67 Å². The van der Waals surface area contributed by atoms with Gasteiger partial charge >= 0.3 is 0 Å². The molecule has 0 aliphatic carbocycles. The normalized spacial score (nSPS) is 12.9. The molecule has 2 rings (SSSR count). The summed E-state index contributed by atoms with van der Waals surface area (Å²) in [5.74, 6) is 0.615. The van der Waals surface area contributed by atoms with E-state index in [-0.39, 0.29) is 6.04 Å². The number of nitrogens with one attached hydrogen (secondary N) is 2. The Hall–Kier alpha value is -0.690. The minimum absolute atomic E-state index is 0.0924. The zero-order valence-corrected chi connectivity index (χ0v) is 10.7. The highest BCUT2D eigenvalue weighted by Crippen LogP contribution is 2.34. The predicted molar refractivity (Wildman–Crippen MR) is 63.8 cm³/mol. The molecule has 2 N–H and O–H groups in total. The molecule has 0 fully saturated rings. The van der Waals surface area contributed by atoms with E-state index in [1.807, 2.05) is 13.0 Å². The molecule has 2 aromatic rings. The van der Waals surface area contributed by atoms with E-state index in [1.54, 1.807) is 0 Å². The highest BCUT2D eigenvalue weighted by atomic mass is 35.5. The molecule has 8 heteroatoms. The molecule has 1 atom stereocenters. The lowest BCUT2D eigenvalue weighted by Gasteiger charge is -2.10. The molecule has 5 nitrogen and oxygen atoms in total. The van der Waals surface area contributed by atoms with Crippen molar-refractivity contribution in [3.63, 3.8) is 0 Å². The van der Waals surface area contributed by atoms with Crippen LogP contribution >= 0.6 is 34.5 Å². The number of tetrazole rings is 1. The fraction of sp³-hybridized carbons (Fsp3) is 0.375. The van der Waals surface area contributed by atoms with Crippen LogP contribution in [-0.4, -0.2) is 20.6 Å². The van der Waals surface area contributed by atoms with Gasteiger partial charge in [0.2, 0.25) is 0 Å². The van der Waals surface area contributed by atoms with Gasteiger partial charge in [-0.3, -0.25) is 0 Å². The third-order valence-electron chi connectivity index (χ3n) is 2.11. The standard InChI is InChI=1S/C8H9Cl2N5S/c1-4(5-2-6(9)16-8(5)10)11-3-7-12-14-15-13-7/h2,4,11H,3H2,1H3,(H,12,13,14,15). The predicted octanol–water partition coefficient (Wildman–Crippen LogP) is 2.42. The van der Waals surface area contributed by atoms with Gasteiger partial charge in [-0.25, -0.2) is 0 Å². The summed E-state index contributed by atoms with van der Waals surface area (Å²) < 4.78 is 1.39. The van der Waals surface area contributed by atoms with E-state index in [0.717, 1.165) is 5.56 Å². The number of hydrogen-bond acceptors (Lipinski definition) is 5. The molecule has 2 aromatic heterocycles. The van der Waals surface area contributed by atoms with Crippen LogP contribution in [0.1, 0.15) is 24.4 Å². The smallest absolute Gasteiger partial charge is 0.188 e.